The quantitative estimate of drug-likeness (QED) is 0.633. The van der Waals surface area contributed by atoms with E-state index in [2.05, 4.69) is 0 Å². The van der Waals surface area contributed by atoms with Crippen LogP contribution in [-0.4, -0.2) is 46.1 Å². The fraction of sp³-hybridized carbons (Fsp3) is 0.417. The highest BCUT2D eigenvalue weighted by Crippen LogP contribution is 2.30. The highest BCUT2D eigenvalue weighted by Gasteiger charge is 2.41. The lowest BCUT2D eigenvalue weighted by atomic mass is 10.1. The molecule has 2 heterocycles. The van der Waals surface area contributed by atoms with Gasteiger partial charge in [-0.15, -0.1) is 0 Å². The molecule has 2 aliphatic rings. The fourth-order valence-corrected chi connectivity index (χ4v) is 2.64. The molecule has 1 aromatic rings. The number of fused-ring (bicyclic) bond motifs is 2. The minimum Gasteiger partial charge on any atom is -0.508 e. The number of non-ortho nitro benzene ring substituents is 1. The van der Waals surface area contributed by atoms with E-state index in [-0.39, 0.29) is 35.1 Å². The molecular formula is C12H12N2O5. The number of carbonyl (C=O) groups is 1. The molecule has 2 saturated heterocycles. The van der Waals surface area contributed by atoms with E-state index in [1.807, 2.05) is 0 Å². The second kappa shape index (κ2) is 4.20. The summed E-state index contributed by atoms with van der Waals surface area (Å²) in [6.45, 7) is 1.02. The average molecular weight is 264 g/mol. The molecule has 7 nitrogen and oxygen atoms in total. The van der Waals surface area contributed by atoms with Crippen LogP contribution < -0.4 is 0 Å². The van der Waals surface area contributed by atoms with E-state index in [9.17, 15) is 20.0 Å². The van der Waals surface area contributed by atoms with Crippen LogP contribution in [-0.2, 0) is 4.74 Å². The third-order valence-corrected chi connectivity index (χ3v) is 3.52. The number of hydrogen-bond acceptors (Lipinski definition) is 5. The summed E-state index contributed by atoms with van der Waals surface area (Å²) in [6.07, 6.45) is 0.883. The first-order chi connectivity index (χ1) is 9.04. The van der Waals surface area contributed by atoms with Gasteiger partial charge in [-0.05, 0) is 12.5 Å². The molecule has 1 aromatic carbocycles. The third kappa shape index (κ3) is 2.01. The number of likely N-dealkylation sites (tertiary alicyclic amines) is 1. The van der Waals surface area contributed by atoms with Crippen molar-refractivity contribution in [1.29, 1.82) is 0 Å². The molecule has 0 aromatic heterocycles. The molecule has 2 aliphatic heterocycles. The van der Waals surface area contributed by atoms with Crippen molar-refractivity contribution in [2.45, 2.75) is 18.6 Å². The van der Waals surface area contributed by atoms with Crippen molar-refractivity contribution in [2.75, 3.05) is 13.2 Å². The van der Waals surface area contributed by atoms with Gasteiger partial charge in [0, 0.05) is 12.6 Å². The van der Waals surface area contributed by atoms with Gasteiger partial charge in [0.2, 0.25) is 0 Å². The highest BCUT2D eigenvalue weighted by molar-refractivity contribution is 5.95. The predicted octanol–water partition coefficient (Wildman–Crippen LogP) is 0.914. The second-order valence-corrected chi connectivity index (χ2v) is 4.80. The first-order valence-corrected chi connectivity index (χ1v) is 5.95. The van der Waals surface area contributed by atoms with Crippen LogP contribution in [0, 0.1) is 10.1 Å². The number of aromatic hydroxyl groups is 1. The van der Waals surface area contributed by atoms with E-state index >= 15 is 0 Å². The molecule has 0 aliphatic carbocycles. The van der Waals surface area contributed by atoms with Crippen LogP contribution in [0.5, 0.6) is 5.75 Å². The molecule has 2 atom stereocenters. The molecule has 2 fully saturated rings. The Hall–Kier alpha value is -2.15. The van der Waals surface area contributed by atoms with E-state index in [0.717, 1.165) is 12.5 Å². The first kappa shape index (κ1) is 11.9. The number of nitrogens with zero attached hydrogens (tertiary/aromatic N) is 2. The van der Waals surface area contributed by atoms with Crippen molar-refractivity contribution < 1.29 is 19.6 Å². The summed E-state index contributed by atoms with van der Waals surface area (Å²) >= 11 is 0. The van der Waals surface area contributed by atoms with Crippen molar-refractivity contribution in [3.8, 4) is 5.75 Å². The molecule has 3 rings (SSSR count). The lowest BCUT2D eigenvalue weighted by Crippen LogP contribution is -2.41. The van der Waals surface area contributed by atoms with Crippen molar-refractivity contribution in [3.63, 3.8) is 0 Å². The molecule has 2 unspecified atom stereocenters. The van der Waals surface area contributed by atoms with E-state index in [0.29, 0.717) is 13.2 Å². The van der Waals surface area contributed by atoms with Crippen LogP contribution in [0.3, 0.4) is 0 Å². The zero-order valence-electron chi connectivity index (χ0n) is 9.98. The summed E-state index contributed by atoms with van der Waals surface area (Å²) in [5.41, 5.74) is -0.150. The van der Waals surface area contributed by atoms with Crippen LogP contribution in [0.2, 0.25) is 0 Å². The maximum Gasteiger partial charge on any atom is 0.273 e. The van der Waals surface area contributed by atoms with Crippen molar-refractivity contribution in [1.82, 2.24) is 4.90 Å². The molecule has 0 radical (unpaired) electrons. The van der Waals surface area contributed by atoms with Crippen LogP contribution in [0.4, 0.5) is 5.69 Å². The monoisotopic (exact) mass is 264 g/mol. The summed E-state index contributed by atoms with van der Waals surface area (Å²) in [5, 5.41) is 20.2. The number of hydrogen-bond donors (Lipinski definition) is 1. The number of phenols is 1. The maximum atomic E-state index is 12.3. The molecular weight excluding hydrogens is 252 g/mol. The summed E-state index contributed by atoms with van der Waals surface area (Å²) < 4.78 is 5.40. The third-order valence-electron chi connectivity index (χ3n) is 3.52. The topological polar surface area (TPSA) is 92.9 Å². The maximum absolute atomic E-state index is 12.3. The lowest BCUT2D eigenvalue weighted by Gasteiger charge is -2.26. The van der Waals surface area contributed by atoms with E-state index in [1.165, 1.54) is 12.1 Å². The number of ether oxygens (including phenoxy) is 1. The smallest absolute Gasteiger partial charge is 0.273 e. The number of amides is 1. The Balaban J connectivity index is 1.89. The minimum absolute atomic E-state index is 0.0407. The van der Waals surface area contributed by atoms with Crippen LogP contribution in [0.25, 0.3) is 0 Å². The van der Waals surface area contributed by atoms with Gasteiger partial charge in [-0.25, -0.2) is 0 Å². The predicted molar refractivity (Wildman–Crippen MR) is 63.9 cm³/mol. The number of nitro groups is 1. The SMILES string of the molecule is O=C(c1cc(O)cc([N+](=O)[O-])c1)N1CC2CC1CO2. The number of nitro benzene ring substituents is 1. The summed E-state index contributed by atoms with van der Waals surface area (Å²) in [4.78, 5) is 24.1. The molecule has 0 saturated carbocycles. The van der Waals surface area contributed by atoms with Gasteiger partial charge in [-0.2, -0.15) is 0 Å². The molecule has 7 heteroatoms. The van der Waals surface area contributed by atoms with Gasteiger partial charge in [0.1, 0.15) is 5.75 Å². The van der Waals surface area contributed by atoms with Crippen molar-refractivity contribution >= 4 is 11.6 Å². The van der Waals surface area contributed by atoms with E-state index < -0.39 is 4.92 Å². The van der Waals surface area contributed by atoms with Gasteiger partial charge < -0.3 is 14.7 Å². The number of rotatable bonds is 2. The zero-order valence-corrected chi connectivity index (χ0v) is 9.98. The number of morpholine rings is 1. The van der Waals surface area contributed by atoms with Gasteiger partial charge in [0.05, 0.1) is 35.3 Å². The normalized spacial score (nSPS) is 24.7. The number of carbonyl (C=O) groups excluding carboxylic acids is 1. The van der Waals surface area contributed by atoms with E-state index in [1.54, 1.807) is 4.90 Å². The molecule has 100 valence electrons. The first-order valence-electron chi connectivity index (χ1n) is 5.95. The Morgan fingerprint density at radius 1 is 1.47 bits per heavy atom. The summed E-state index contributed by atoms with van der Waals surface area (Å²) in [7, 11) is 0. The van der Waals surface area contributed by atoms with Gasteiger partial charge in [-0.3, -0.25) is 14.9 Å². The molecule has 19 heavy (non-hydrogen) atoms. The Morgan fingerprint density at radius 3 is 2.84 bits per heavy atom. The fourth-order valence-electron chi connectivity index (χ4n) is 2.64. The summed E-state index contributed by atoms with van der Waals surface area (Å²) in [6, 6.07) is 3.51. The molecule has 1 N–H and O–H groups in total. The minimum atomic E-state index is -0.629. The Labute approximate surface area is 108 Å². The second-order valence-electron chi connectivity index (χ2n) is 4.80. The van der Waals surface area contributed by atoms with Crippen LogP contribution in [0.1, 0.15) is 16.8 Å². The Kier molecular flexibility index (Phi) is 2.63. The van der Waals surface area contributed by atoms with Crippen LogP contribution in [0.15, 0.2) is 18.2 Å². The molecule has 2 bridgehead atoms. The Morgan fingerprint density at radius 2 is 2.26 bits per heavy atom. The molecule has 0 spiro atoms. The zero-order chi connectivity index (χ0) is 13.6. The largest absolute Gasteiger partial charge is 0.508 e. The van der Waals surface area contributed by atoms with Gasteiger partial charge in [0.15, 0.2) is 0 Å². The van der Waals surface area contributed by atoms with Gasteiger partial charge in [0.25, 0.3) is 11.6 Å². The van der Waals surface area contributed by atoms with Crippen molar-refractivity contribution in [3.05, 3.63) is 33.9 Å². The highest BCUT2D eigenvalue weighted by atomic mass is 16.6. The van der Waals surface area contributed by atoms with Crippen LogP contribution >= 0.6 is 0 Å². The molecule has 1 amide bonds. The lowest BCUT2D eigenvalue weighted by molar-refractivity contribution is -0.385. The van der Waals surface area contributed by atoms with Gasteiger partial charge in [-0.1, -0.05) is 0 Å². The number of phenolic OH excluding ortho intramolecular Hbond substituents is 1. The summed E-state index contributed by atoms with van der Waals surface area (Å²) in [5.74, 6) is -0.576. The average Bonchev–Trinajstić information content (AvgIpc) is 2.99. The Bertz CT molecular complexity index is 559. The van der Waals surface area contributed by atoms with Crippen molar-refractivity contribution in [2.24, 2.45) is 0 Å². The van der Waals surface area contributed by atoms with E-state index in [4.69, 9.17) is 4.74 Å². The van der Waals surface area contributed by atoms with Gasteiger partial charge >= 0.3 is 0 Å². The standard InChI is InChI=1S/C12H12N2O5/c15-10-2-7(1-8(3-10)14(17)18)12(16)13-5-11-4-9(13)6-19-11/h1-3,9,11,15H,4-6H2. The number of benzene rings is 1.